The summed E-state index contributed by atoms with van der Waals surface area (Å²) in [5.74, 6) is 0. The molecule has 0 saturated carbocycles. The van der Waals surface area contributed by atoms with Crippen molar-refractivity contribution in [2.45, 2.75) is 6.92 Å². The van der Waals surface area contributed by atoms with Gasteiger partial charge in [0.15, 0.2) is 0 Å². The molecular formula is C24H20ClN5O2S. The van der Waals surface area contributed by atoms with Gasteiger partial charge in [0.25, 0.3) is 0 Å². The maximum absolute atomic E-state index is 13.1. The van der Waals surface area contributed by atoms with Crippen molar-refractivity contribution in [3.8, 4) is 11.3 Å². The van der Waals surface area contributed by atoms with E-state index in [4.69, 9.17) is 11.6 Å². The smallest absolute Gasteiger partial charge is 0.307 e. The number of urea groups is 2. The van der Waals surface area contributed by atoms with E-state index in [0.29, 0.717) is 27.2 Å². The Hall–Kier alpha value is -3.88. The average molecular weight is 478 g/mol. The van der Waals surface area contributed by atoms with Crippen LogP contribution in [0.1, 0.15) is 5.56 Å². The molecule has 0 radical (unpaired) electrons. The Morgan fingerprint density at radius 2 is 1.55 bits per heavy atom. The number of rotatable bonds is 4. The van der Waals surface area contributed by atoms with E-state index < -0.39 is 12.1 Å². The first-order chi connectivity index (χ1) is 16.0. The Morgan fingerprint density at radius 1 is 0.879 bits per heavy atom. The number of carbonyl (C=O) groups is 2. The second-order valence-corrected chi connectivity index (χ2v) is 8.36. The predicted molar refractivity (Wildman–Crippen MR) is 134 cm³/mol. The highest BCUT2D eigenvalue weighted by atomic mass is 35.5. The van der Waals surface area contributed by atoms with Crippen LogP contribution >= 0.6 is 22.9 Å². The Balaban J connectivity index is 1.57. The first kappa shape index (κ1) is 22.3. The second kappa shape index (κ2) is 10.2. The summed E-state index contributed by atoms with van der Waals surface area (Å²) in [6.07, 6.45) is 0. The fourth-order valence-corrected chi connectivity index (χ4v) is 3.82. The number of hydrogen-bond acceptors (Lipinski definition) is 4. The molecule has 0 aliphatic heterocycles. The van der Waals surface area contributed by atoms with Gasteiger partial charge in [-0.2, -0.15) is 5.01 Å². The number of nitrogens with zero attached hydrogens (tertiary/aromatic N) is 2. The van der Waals surface area contributed by atoms with E-state index in [2.05, 4.69) is 21.0 Å². The summed E-state index contributed by atoms with van der Waals surface area (Å²) in [5.41, 5.74) is 6.44. The zero-order valence-corrected chi connectivity index (χ0v) is 19.2. The molecule has 1 heterocycles. The lowest BCUT2D eigenvalue weighted by atomic mass is 10.1. The normalized spacial score (nSPS) is 10.4. The van der Waals surface area contributed by atoms with Gasteiger partial charge < -0.3 is 10.6 Å². The molecule has 0 saturated heterocycles. The molecule has 3 N–H and O–H groups in total. The Morgan fingerprint density at radius 3 is 2.24 bits per heavy atom. The molecule has 3 aromatic carbocycles. The molecule has 0 aliphatic carbocycles. The van der Waals surface area contributed by atoms with Gasteiger partial charge in [-0.15, -0.1) is 11.3 Å². The number of aromatic nitrogens is 1. The first-order valence-electron chi connectivity index (χ1n) is 10.00. The van der Waals surface area contributed by atoms with Gasteiger partial charge in [0.2, 0.25) is 5.13 Å². The summed E-state index contributed by atoms with van der Waals surface area (Å²) < 4.78 is 0. The zero-order valence-electron chi connectivity index (χ0n) is 17.6. The van der Waals surface area contributed by atoms with E-state index in [1.807, 2.05) is 42.6 Å². The molecule has 33 heavy (non-hydrogen) atoms. The van der Waals surface area contributed by atoms with Crippen LogP contribution in [-0.4, -0.2) is 17.0 Å². The minimum absolute atomic E-state index is 0.306. The number of para-hydroxylation sites is 1. The van der Waals surface area contributed by atoms with E-state index in [9.17, 15) is 9.59 Å². The van der Waals surface area contributed by atoms with Crippen molar-refractivity contribution >= 4 is 51.5 Å². The van der Waals surface area contributed by atoms with Gasteiger partial charge in [-0.1, -0.05) is 59.6 Å². The Bertz CT molecular complexity index is 1240. The van der Waals surface area contributed by atoms with Crippen LogP contribution in [-0.2, 0) is 0 Å². The highest BCUT2D eigenvalue weighted by Gasteiger charge is 2.22. The van der Waals surface area contributed by atoms with Crippen molar-refractivity contribution in [2.75, 3.05) is 15.6 Å². The Kier molecular flexibility index (Phi) is 6.87. The number of aryl methyl sites for hydroxylation is 1. The van der Waals surface area contributed by atoms with Crippen LogP contribution in [0.5, 0.6) is 0 Å². The van der Waals surface area contributed by atoms with Crippen molar-refractivity contribution in [3.05, 3.63) is 94.8 Å². The van der Waals surface area contributed by atoms with Crippen LogP contribution in [0, 0.1) is 6.92 Å². The molecular weight excluding hydrogens is 458 g/mol. The van der Waals surface area contributed by atoms with Crippen molar-refractivity contribution in [2.24, 2.45) is 0 Å². The van der Waals surface area contributed by atoms with Crippen LogP contribution in [0.3, 0.4) is 0 Å². The summed E-state index contributed by atoms with van der Waals surface area (Å²) in [7, 11) is 0. The fourth-order valence-electron chi connectivity index (χ4n) is 2.90. The SMILES string of the molecule is Cc1ccc(-c2csc(N(NC(=O)Nc3ccccc3)C(=O)Nc3ccc(Cl)cc3)n2)cc1. The number of carbonyl (C=O) groups excluding carboxylic acids is 2. The monoisotopic (exact) mass is 477 g/mol. The van der Waals surface area contributed by atoms with Gasteiger partial charge in [0, 0.05) is 27.3 Å². The molecule has 7 nitrogen and oxygen atoms in total. The van der Waals surface area contributed by atoms with Crippen molar-refractivity contribution in [1.29, 1.82) is 0 Å². The standard InChI is InChI=1S/C24H20ClN5O2S/c1-16-7-9-17(10-8-16)21-15-33-24(28-21)30(23(32)27-20-13-11-18(25)12-14-20)29-22(31)26-19-5-3-2-4-6-19/h2-15H,1H3,(H,27,32)(H2,26,29,31). The topological polar surface area (TPSA) is 86.4 Å². The van der Waals surface area contributed by atoms with E-state index in [1.165, 1.54) is 11.3 Å². The molecule has 0 spiro atoms. The summed E-state index contributed by atoms with van der Waals surface area (Å²) in [4.78, 5) is 30.3. The number of hydrogen-bond donors (Lipinski definition) is 3. The molecule has 4 rings (SSSR count). The highest BCUT2D eigenvalue weighted by Crippen LogP contribution is 2.27. The van der Waals surface area contributed by atoms with Gasteiger partial charge in [0.1, 0.15) is 0 Å². The second-order valence-electron chi connectivity index (χ2n) is 7.09. The lowest BCUT2D eigenvalue weighted by Crippen LogP contribution is -2.50. The molecule has 0 atom stereocenters. The molecule has 0 bridgehead atoms. The quantitative estimate of drug-likeness (QED) is 0.291. The van der Waals surface area contributed by atoms with Crippen LogP contribution in [0.25, 0.3) is 11.3 Å². The number of thiazole rings is 1. The van der Waals surface area contributed by atoms with Gasteiger partial charge in [-0.25, -0.2) is 20.0 Å². The molecule has 4 aromatic rings. The number of benzene rings is 3. The van der Waals surface area contributed by atoms with Gasteiger partial charge in [0.05, 0.1) is 5.69 Å². The van der Waals surface area contributed by atoms with Crippen LogP contribution in [0.2, 0.25) is 5.02 Å². The Labute approximate surface area is 200 Å². The predicted octanol–water partition coefficient (Wildman–Crippen LogP) is 6.55. The van der Waals surface area contributed by atoms with E-state index in [1.54, 1.807) is 48.5 Å². The van der Waals surface area contributed by atoms with Gasteiger partial charge in [-0.05, 0) is 43.3 Å². The molecule has 0 aliphatic rings. The third kappa shape index (κ3) is 5.88. The van der Waals surface area contributed by atoms with Crippen LogP contribution < -0.4 is 21.1 Å². The first-order valence-corrected chi connectivity index (χ1v) is 11.3. The fraction of sp³-hybridized carbons (Fsp3) is 0.0417. The van der Waals surface area contributed by atoms with E-state index >= 15 is 0 Å². The highest BCUT2D eigenvalue weighted by molar-refractivity contribution is 7.14. The number of amides is 4. The molecule has 166 valence electrons. The maximum atomic E-state index is 13.1. The minimum atomic E-state index is -0.584. The van der Waals surface area contributed by atoms with Gasteiger partial charge >= 0.3 is 12.1 Å². The van der Waals surface area contributed by atoms with E-state index in [0.717, 1.165) is 16.1 Å². The van der Waals surface area contributed by atoms with Crippen molar-refractivity contribution in [1.82, 2.24) is 10.4 Å². The lowest BCUT2D eigenvalue weighted by molar-refractivity contribution is 0.243. The number of nitrogens with one attached hydrogen (secondary N) is 3. The summed E-state index contributed by atoms with van der Waals surface area (Å²) >= 11 is 7.16. The number of hydrazine groups is 1. The lowest BCUT2D eigenvalue weighted by Gasteiger charge is -2.21. The van der Waals surface area contributed by atoms with E-state index in [-0.39, 0.29) is 0 Å². The third-order valence-electron chi connectivity index (χ3n) is 4.57. The number of anilines is 3. The molecule has 0 fully saturated rings. The summed E-state index contributed by atoms with van der Waals surface area (Å²) in [5, 5.41) is 9.21. The van der Waals surface area contributed by atoms with Crippen LogP contribution in [0.4, 0.5) is 26.1 Å². The van der Waals surface area contributed by atoms with Gasteiger partial charge in [-0.3, -0.25) is 0 Å². The minimum Gasteiger partial charge on any atom is -0.307 e. The zero-order chi connectivity index (χ0) is 23.2. The van der Waals surface area contributed by atoms with Crippen molar-refractivity contribution < 1.29 is 9.59 Å². The van der Waals surface area contributed by atoms with Crippen molar-refractivity contribution in [3.63, 3.8) is 0 Å². The summed E-state index contributed by atoms with van der Waals surface area (Å²) in [6, 6.07) is 22.3. The molecule has 1 aromatic heterocycles. The largest absolute Gasteiger partial charge is 0.347 e. The molecule has 0 unspecified atom stereocenters. The third-order valence-corrected chi connectivity index (χ3v) is 5.65. The summed E-state index contributed by atoms with van der Waals surface area (Å²) in [6.45, 7) is 2.01. The maximum Gasteiger partial charge on any atom is 0.347 e. The number of halogens is 1. The average Bonchev–Trinajstić information content (AvgIpc) is 3.30. The molecule has 4 amide bonds. The molecule has 9 heteroatoms. The van der Waals surface area contributed by atoms with Crippen LogP contribution in [0.15, 0.2) is 84.2 Å².